The number of piperazine rings is 1. The minimum Gasteiger partial charge on any atom is -0.462 e. The van der Waals surface area contributed by atoms with Crippen LogP contribution in [0.25, 0.3) is 11.3 Å². The van der Waals surface area contributed by atoms with Crippen LogP contribution in [-0.4, -0.2) is 71.8 Å². The summed E-state index contributed by atoms with van der Waals surface area (Å²) < 4.78 is 46.1. The Morgan fingerprint density at radius 2 is 1.73 bits per heavy atom. The first kappa shape index (κ1) is 26.4. The summed E-state index contributed by atoms with van der Waals surface area (Å²) in [6, 6.07) is 13.0. The lowest BCUT2D eigenvalue weighted by Gasteiger charge is -2.39. The summed E-state index contributed by atoms with van der Waals surface area (Å²) in [6.45, 7) is 5.27. The van der Waals surface area contributed by atoms with Gasteiger partial charge in [0.1, 0.15) is 22.9 Å². The fourth-order valence-corrected chi connectivity index (χ4v) is 5.92. The Bertz CT molecular complexity index is 1410. The van der Waals surface area contributed by atoms with E-state index in [-0.39, 0.29) is 42.4 Å². The minimum atomic E-state index is -3.89. The van der Waals surface area contributed by atoms with Crippen molar-refractivity contribution in [2.75, 3.05) is 26.2 Å². The number of carbonyl (C=O) groups is 2. The molecular formula is C26H27FN4O5S. The lowest BCUT2D eigenvalue weighted by molar-refractivity contribution is 0.0511. The van der Waals surface area contributed by atoms with Crippen LogP contribution < -0.4 is 0 Å². The fraction of sp³-hybridized carbons (Fsp3) is 0.308. The monoisotopic (exact) mass is 526 g/mol. The number of hydrogen-bond acceptors (Lipinski definition) is 7. The molecule has 3 aromatic rings. The van der Waals surface area contributed by atoms with E-state index in [4.69, 9.17) is 4.74 Å². The number of benzene rings is 2. The van der Waals surface area contributed by atoms with Crippen molar-refractivity contribution in [2.24, 2.45) is 0 Å². The van der Waals surface area contributed by atoms with Crippen LogP contribution in [0.1, 0.15) is 40.5 Å². The number of nitrogens with zero attached hydrogens (tertiary/aromatic N) is 4. The number of sulfonamides is 1. The fourth-order valence-electron chi connectivity index (χ4n) is 4.30. The van der Waals surface area contributed by atoms with E-state index in [1.54, 1.807) is 45.0 Å². The van der Waals surface area contributed by atoms with E-state index < -0.39 is 33.8 Å². The van der Waals surface area contributed by atoms with Crippen LogP contribution in [-0.2, 0) is 14.8 Å². The molecule has 0 radical (unpaired) electrons. The summed E-state index contributed by atoms with van der Waals surface area (Å²) in [6.07, 6.45) is 0. The van der Waals surface area contributed by atoms with Crippen LogP contribution in [0.5, 0.6) is 0 Å². The average molecular weight is 527 g/mol. The number of amides is 1. The molecule has 2 aromatic carbocycles. The molecule has 0 N–H and O–H groups in total. The quantitative estimate of drug-likeness (QED) is 0.453. The molecule has 194 valence electrons. The van der Waals surface area contributed by atoms with Gasteiger partial charge in [0.25, 0.3) is 5.91 Å². The van der Waals surface area contributed by atoms with Gasteiger partial charge in [0, 0.05) is 31.2 Å². The standard InChI is InChI=1S/C26H27FN4O5S/c1-4-36-26(33)22-23(19-8-6-5-7-9-19)28-18(3)29-24(22)25(32)30-14-15-31(17(2)16-30)37(34,35)21-12-10-20(27)11-13-21/h5-13,17H,4,14-16H2,1-3H3. The molecule has 1 fully saturated rings. The molecule has 1 unspecified atom stereocenters. The maximum Gasteiger partial charge on any atom is 0.342 e. The molecule has 2 heterocycles. The summed E-state index contributed by atoms with van der Waals surface area (Å²) in [5, 5.41) is 0. The van der Waals surface area contributed by atoms with Gasteiger partial charge >= 0.3 is 5.97 Å². The number of rotatable bonds is 6. The second kappa shape index (κ2) is 10.7. The molecule has 11 heteroatoms. The van der Waals surface area contributed by atoms with E-state index >= 15 is 0 Å². The zero-order valence-corrected chi connectivity index (χ0v) is 21.5. The summed E-state index contributed by atoms with van der Waals surface area (Å²) >= 11 is 0. The van der Waals surface area contributed by atoms with E-state index in [1.165, 1.54) is 21.3 Å². The molecule has 4 rings (SSSR count). The summed E-state index contributed by atoms with van der Waals surface area (Å²) in [4.78, 5) is 36.9. The van der Waals surface area contributed by atoms with Crippen LogP contribution in [0.2, 0.25) is 0 Å². The zero-order chi connectivity index (χ0) is 26.7. The van der Waals surface area contributed by atoms with Crippen molar-refractivity contribution in [3.05, 3.63) is 77.5 Å². The first-order valence-corrected chi connectivity index (χ1v) is 13.2. The summed E-state index contributed by atoms with van der Waals surface area (Å²) in [5.41, 5.74) is 0.804. The van der Waals surface area contributed by atoms with E-state index in [9.17, 15) is 22.4 Å². The van der Waals surface area contributed by atoms with Crippen LogP contribution in [0.15, 0.2) is 59.5 Å². The van der Waals surface area contributed by atoms with E-state index in [2.05, 4.69) is 9.97 Å². The minimum absolute atomic E-state index is 0.0240. The first-order valence-electron chi connectivity index (χ1n) is 11.8. The molecule has 9 nitrogen and oxygen atoms in total. The number of aryl methyl sites for hydroxylation is 1. The number of hydrogen-bond donors (Lipinski definition) is 0. The van der Waals surface area contributed by atoms with Gasteiger partial charge in [-0.2, -0.15) is 4.31 Å². The molecule has 1 amide bonds. The Morgan fingerprint density at radius 3 is 2.35 bits per heavy atom. The molecule has 1 aliphatic rings. The van der Waals surface area contributed by atoms with E-state index in [0.717, 1.165) is 12.1 Å². The SMILES string of the molecule is CCOC(=O)c1c(C(=O)N2CCN(S(=O)(=O)c3ccc(F)cc3)C(C)C2)nc(C)nc1-c1ccccc1. The van der Waals surface area contributed by atoms with Crippen LogP contribution >= 0.6 is 0 Å². The van der Waals surface area contributed by atoms with Crippen LogP contribution in [0, 0.1) is 12.7 Å². The number of halogens is 1. The molecule has 0 bridgehead atoms. The normalized spacial score (nSPS) is 16.4. The van der Waals surface area contributed by atoms with Crippen molar-refractivity contribution >= 4 is 21.9 Å². The zero-order valence-electron chi connectivity index (χ0n) is 20.7. The van der Waals surface area contributed by atoms with Gasteiger partial charge in [-0.3, -0.25) is 4.79 Å². The van der Waals surface area contributed by atoms with Gasteiger partial charge < -0.3 is 9.64 Å². The highest BCUT2D eigenvalue weighted by Crippen LogP contribution is 2.27. The second-order valence-corrected chi connectivity index (χ2v) is 10.5. The highest BCUT2D eigenvalue weighted by molar-refractivity contribution is 7.89. The van der Waals surface area contributed by atoms with Gasteiger partial charge in [0.05, 0.1) is 17.2 Å². The molecule has 1 aliphatic heterocycles. The number of carbonyl (C=O) groups excluding carboxylic acids is 2. The van der Waals surface area contributed by atoms with Gasteiger partial charge in [0.15, 0.2) is 0 Å². The van der Waals surface area contributed by atoms with Crippen molar-refractivity contribution in [3.8, 4) is 11.3 Å². The molecule has 37 heavy (non-hydrogen) atoms. The maximum absolute atomic E-state index is 13.7. The first-order chi connectivity index (χ1) is 17.6. The molecule has 0 saturated carbocycles. The summed E-state index contributed by atoms with van der Waals surface area (Å²) in [5.74, 6) is -1.46. The number of aromatic nitrogens is 2. The average Bonchev–Trinajstić information content (AvgIpc) is 2.88. The predicted octanol–water partition coefficient (Wildman–Crippen LogP) is 3.30. The molecule has 1 saturated heterocycles. The topological polar surface area (TPSA) is 110 Å². The third-order valence-electron chi connectivity index (χ3n) is 6.02. The van der Waals surface area contributed by atoms with Crippen molar-refractivity contribution in [1.29, 1.82) is 0 Å². The highest BCUT2D eigenvalue weighted by atomic mass is 32.2. The smallest absolute Gasteiger partial charge is 0.342 e. The van der Waals surface area contributed by atoms with Crippen molar-refractivity contribution < 1.29 is 27.1 Å². The van der Waals surface area contributed by atoms with E-state index in [1.807, 2.05) is 6.07 Å². The van der Waals surface area contributed by atoms with Crippen LogP contribution in [0.3, 0.4) is 0 Å². The number of esters is 1. The van der Waals surface area contributed by atoms with Crippen LogP contribution in [0.4, 0.5) is 4.39 Å². The Hall–Kier alpha value is -3.70. The Morgan fingerprint density at radius 1 is 1.05 bits per heavy atom. The Kier molecular flexibility index (Phi) is 7.65. The number of ether oxygens (including phenoxy) is 1. The molecule has 0 spiro atoms. The van der Waals surface area contributed by atoms with Gasteiger partial charge in [-0.15, -0.1) is 0 Å². The van der Waals surface area contributed by atoms with Gasteiger partial charge in [-0.25, -0.2) is 27.6 Å². The van der Waals surface area contributed by atoms with Gasteiger partial charge in [-0.05, 0) is 45.0 Å². The largest absolute Gasteiger partial charge is 0.462 e. The lowest BCUT2D eigenvalue weighted by Crippen LogP contribution is -2.55. The van der Waals surface area contributed by atoms with E-state index in [0.29, 0.717) is 17.1 Å². The molecule has 0 aliphatic carbocycles. The van der Waals surface area contributed by atoms with Gasteiger partial charge in [-0.1, -0.05) is 30.3 Å². The second-order valence-electron chi connectivity index (χ2n) is 8.60. The summed E-state index contributed by atoms with van der Waals surface area (Å²) in [7, 11) is -3.89. The predicted molar refractivity (Wildman–Crippen MR) is 134 cm³/mol. The maximum atomic E-state index is 13.7. The van der Waals surface area contributed by atoms with Crippen molar-refractivity contribution in [1.82, 2.24) is 19.2 Å². The molecule has 1 atom stereocenters. The highest BCUT2D eigenvalue weighted by Gasteiger charge is 2.37. The molecule has 1 aromatic heterocycles. The lowest BCUT2D eigenvalue weighted by atomic mass is 10.0. The van der Waals surface area contributed by atoms with Crippen molar-refractivity contribution in [3.63, 3.8) is 0 Å². The Balaban J connectivity index is 1.66. The van der Waals surface area contributed by atoms with Crippen molar-refractivity contribution in [2.45, 2.75) is 31.7 Å². The third kappa shape index (κ3) is 5.37. The molecular weight excluding hydrogens is 499 g/mol. The third-order valence-corrected chi connectivity index (χ3v) is 8.05. The Labute approximate surface area is 215 Å². The van der Waals surface area contributed by atoms with Gasteiger partial charge in [0.2, 0.25) is 10.0 Å².